The number of carbonyl (C=O) groups excluding carboxylic acids is 1. The topological polar surface area (TPSA) is 39.2 Å². The summed E-state index contributed by atoms with van der Waals surface area (Å²) in [5.41, 5.74) is 0.509. The standard InChI is InChI=1S/C9H6ClNO2/c1-13-8(12)5-4-7-3-2-6-11-9(7)10/h2-3,6H,1H3. The molecule has 0 bridgehead atoms. The van der Waals surface area contributed by atoms with Crippen LogP contribution in [0.2, 0.25) is 5.15 Å². The Morgan fingerprint density at radius 1 is 1.69 bits per heavy atom. The van der Waals surface area contributed by atoms with Crippen molar-refractivity contribution in [3.05, 3.63) is 29.0 Å². The van der Waals surface area contributed by atoms with E-state index in [-0.39, 0.29) is 5.15 Å². The summed E-state index contributed by atoms with van der Waals surface area (Å²) in [7, 11) is 1.27. The van der Waals surface area contributed by atoms with E-state index in [0.717, 1.165) is 0 Å². The second-order valence-electron chi connectivity index (χ2n) is 2.08. The normalized spacial score (nSPS) is 8.46. The fourth-order valence-corrected chi connectivity index (χ4v) is 0.815. The van der Waals surface area contributed by atoms with E-state index >= 15 is 0 Å². The first-order valence-electron chi connectivity index (χ1n) is 3.44. The molecule has 0 radical (unpaired) electrons. The van der Waals surface area contributed by atoms with Crippen LogP contribution in [0.25, 0.3) is 0 Å². The van der Waals surface area contributed by atoms with Crippen LogP contribution in [0.1, 0.15) is 5.56 Å². The highest BCUT2D eigenvalue weighted by Gasteiger charge is 1.96. The zero-order valence-electron chi connectivity index (χ0n) is 6.87. The molecule has 0 N–H and O–H groups in total. The molecule has 0 saturated carbocycles. The second-order valence-corrected chi connectivity index (χ2v) is 2.44. The number of rotatable bonds is 0. The third-order valence-electron chi connectivity index (χ3n) is 1.24. The third kappa shape index (κ3) is 2.77. The van der Waals surface area contributed by atoms with Crippen molar-refractivity contribution in [3.8, 4) is 11.8 Å². The lowest BCUT2D eigenvalue weighted by Crippen LogP contribution is -1.94. The van der Waals surface area contributed by atoms with Gasteiger partial charge in [-0.05, 0) is 12.1 Å². The maximum Gasteiger partial charge on any atom is 0.384 e. The van der Waals surface area contributed by atoms with Crippen LogP contribution in [0.3, 0.4) is 0 Å². The van der Waals surface area contributed by atoms with Crippen LogP contribution in [0.15, 0.2) is 18.3 Å². The lowest BCUT2D eigenvalue weighted by molar-refractivity contribution is -0.133. The maximum absolute atomic E-state index is 10.6. The molecule has 0 saturated heterocycles. The molecule has 1 rings (SSSR count). The molecule has 0 aliphatic rings. The van der Waals surface area contributed by atoms with Gasteiger partial charge in [-0.15, -0.1) is 0 Å². The summed E-state index contributed by atoms with van der Waals surface area (Å²) >= 11 is 5.69. The number of nitrogens with zero attached hydrogens (tertiary/aromatic N) is 1. The van der Waals surface area contributed by atoms with E-state index in [1.807, 2.05) is 0 Å². The molecular weight excluding hydrogens is 190 g/mol. The first kappa shape index (κ1) is 9.56. The van der Waals surface area contributed by atoms with Crippen molar-refractivity contribution in [2.24, 2.45) is 0 Å². The van der Waals surface area contributed by atoms with Gasteiger partial charge in [0.05, 0.1) is 12.7 Å². The summed E-state index contributed by atoms with van der Waals surface area (Å²) in [4.78, 5) is 14.4. The minimum Gasteiger partial charge on any atom is -0.459 e. The average Bonchev–Trinajstić information content (AvgIpc) is 2.16. The number of esters is 1. The van der Waals surface area contributed by atoms with Crippen LogP contribution >= 0.6 is 11.6 Å². The molecule has 0 aromatic carbocycles. The molecular formula is C9H6ClNO2. The molecule has 1 aromatic rings. The predicted octanol–water partition coefficient (Wildman–Crippen LogP) is 1.26. The number of carbonyl (C=O) groups is 1. The summed E-state index contributed by atoms with van der Waals surface area (Å²) in [5.74, 6) is 4.20. The Hall–Kier alpha value is -1.53. The Bertz CT molecular complexity index is 379. The van der Waals surface area contributed by atoms with Crippen molar-refractivity contribution >= 4 is 17.6 Å². The zero-order valence-corrected chi connectivity index (χ0v) is 7.63. The SMILES string of the molecule is COC(=O)C#Cc1cccnc1Cl. The first-order chi connectivity index (χ1) is 6.24. The Morgan fingerprint density at radius 3 is 3.08 bits per heavy atom. The molecule has 0 spiro atoms. The van der Waals surface area contributed by atoms with Crippen molar-refractivity contribution < 1.29 is 9.53 Å². The van der Waals surface area contributed by atoms with Crippen LogP contribution in [-0.4, -0.2) is 18.1 Å². The Kier molecular flexibility index (Phi) is 3.30. The van der Waals surface area contributed by atoms with E-state index in [1.165, 1.54) is 7.11 Å². The van der Waals surface area contributed by atoms with Crippen LogP contribution in [-0.2, 0) is 9.53 Å². The van der Waals surface area contributed by atoms with E-state index < -0.39 is 5.97 Å². The highest BCUT2D eigenvalue weighted by molar-refractivity contribution is 6.30. The van der Waals surface area contributed by atoms with Gasteiger partial charge < -0.3 is 4.74 Å². The number of pyridine rings is 1. The minimum atomic E-state index is -0.597. The van der Waals surface area contributed by atoms with Gasteiger partial charge in [-0.25, -0.2) is 9.78 Å². The number of methoxy groups -OCH3 is 1. The van der Waals surface area contributed by atoms with Gasteiger partial charge in [0.1, 0.15) is 5.15 Å². The average molecular weight is 196 g/mol. The van der Waals surface area contributed by atoms with Gasteiger partial charge in [-0.1, -0.05) is 17.5 Å². The monoisotopic (exact) mass is 195 g/mol. The quantitative estimate of drug-likeness (QED) is 0.356. The highest BCUT2D eigenvalue weighted by Crippen LogP contribution is 2.08. The second kappa shape index (κ2) is 4.48. The zero-order chi connectivity index (χ0) is 9.68. The van der Waals surface area contributed by atoms with Crippen molar-refractivity contribution in [1.82, 2.24) is 4.98 Å². The molecule has 0 amide bonds. The number of aromatic nitrogens is 1. The van der Waals surface area contributed by atoms with Gasteiger partial charge in [0.25, 0.3) is 0 Å². The minimum absolute atomic E-state index is 0.277. The highest BCUT2D eigenvalue weighted by atomic mass is 35.5. The first-order valence-corrected chi connectivity index (χ1v) is 3.82. The largest absolute Gasteiger partial charge is 0.459 e. The van der Waals surface area contributed by atoms with Gasteiger partial charge in [0.2, 0.25) is 0 Å². The molecule has 1 aromatic heterocycles. The van der Waals surface area contributed by atoms with Crippen molar-refractivity contribution in [3.63, 3.8) is 0 Å². The summed E-state index contributed by atoms with van der Waals surface area (Å²) in [5, 5.41) is 0.277. The molecule has 66 valence electrons. The van der Waals surface area contributed by atoms with Gasteiger partial charge in [-0.3, -0.25) is 0 Å². The Labute approximate surface area is 80.7 Å². The third-order valence-corrected chi connectivity index (χ3v) is 1.54. The van der Waals surface area contributed by atoms with Gasteiger partial charge in [-0.2, -0.15) is 0 Å². The molecule has 0 fully saturated rings. The van der Waals surface area contributed by atoms with Crippen LogP contribution in [0.4, 0.5) is 0 Å². The molecule has 0 unspecified atom stereocenters. The van der Waals surface area contributed by atoms with E-state index in [9.17, 15) is 4.79 Å². The maximum atomic E-state index is 10.6. The Balaban J connectivity index is 2.89. The molecule has 3 nitrogen and oxygen atoms in total. The van der Waals surface area contributed by atoms with Gasteiger partial charge in [0, 0.05) is 12.1 Å². The van der Waals surface area contributed by atoms with Crippen LogP contribution in [0.5, 0.6) is 0 Å². The van der Waals surface area contributed by atoms with E-state index in [2.05, 4.69) is 21.6 Å². The summed E-state index contributed by atoms with van der Waals surface area (Å²) in [6.07, 6.45) is 1.55. The lowest BCUT2D eigenvalue weighted by atomic mass is 10.3. The van der Waals surface area contributed by atoms with E-state index in [0.29, 0.717) is 5.56 Å². The van der Waals surface area contributed by atoms with Crippen LogP contribution < -0.4 is 0 Å². The van der Waals surface area contributed by atoms with Crippen LogP contribution in [0, 0.1) is 11.8 Å². The molecule has 0 aliphatic carbocycles. The molecule has 0 aliphatic heterocycles. The number of hydrogen-bond donors (Lipinski definition) is 0. The Morgan fingerprint density at radius 2 is 2.46 bits per heavy atom. The molecule has 1 heterocycles. The fourth-order valence-electron chi connectivity index (χ4n) is 0.649. The number of hydrogen-bond acceptors (Lipinski definition) is 3. The predicted molar refractivity (Wildman–Crippen MR) is 48.1 cm³/mol. The number of ether oxygens (including phenoxy) is 1. The van der Waals surface area contributed by atoms with E-state index in [4.69, 9.17) is 11.6 Å². The number of halogens is 1. The lowest BCUT2D eigenvalue weighted by Gasteiger charge is -1.91. The van der Waals surface area contributed by atoms with Gasteiger partial charge in [0.15, 0.2) is 0 Å². The summed E-state index contributed by atoms with van der Waals surface area (Å²) in [6, 6.07) is 3.36. The van der Waals surface area contributed by atoms with Crippen molar-refractivity contribution in [2.75, 3.05) is 7.11 Å². The molecule has 0 atom stereocenters. The van der Waals surface area contributed by atoms with Gasteiger partial charge >= 0.3 is 5.97 Å². The summed E-state index contributed by atoms with van der Waals surface area (Å²) in [6.45, 7) is 0. The fraction of sp³-hybridized carbons (Fsp3) is 0.111. The smallest absolute Gasteiger partial charge is 0.384 e. The molecule has 13 heavy (non-hydrogen) atoms. The van der Waals surface area contributed by atoms with Crippen molar-refractivity contribution in [2.45, 2.75) is 0 Å². The van der Waals surface area contributed by atoms with Crippen molar-refractivity contribution in [1.29, 1.82) is 0 Å². The molecule has 4 heteroatoms. The van der Waals surface area contributed by atoms with E-state index in [1.54, 1.807) is 18.3 Å². The summed E-state index contributed by atoms with van der Waals surface area (Å²) < 4.78 is 4.34.